The molecule has 0 aliphatic rings. The van der Waals surface area contributed by atoms with Gasteiger partial charge in [0.15, 0.2) is 11.5 Å². The van der Waals surface area contributed by atoms with Crippen LogP contribution in [-0.2, 0) is 0 Å². The lowest BCUT2D eigenvalue weighted by Gasteiger charge is -2.09. The summed E-state index contributed by atoms with van der Waals surface area (Å²) in [5.41, 5.74) is 3.04. The molecule has 0 aliphatic carbocycles. The number of hydrogen-bond donors (Lipinski definition) is 1. The first-order valence-corrected chi connectivity index (χ1v) is 8.28. The number of nitrogens with zero attached hydrogens (tertiary/aromatic N) is 4. The van der Waals surface area contributed by atoms with E-state index >= 15 is 0 Å². The normalized spacial score (nSPS) is 11.0. The molecule has 7 nitrogen and oxygen atoms in total. The molecule has 3 aromatic rings. The molecule has 10 heteroatoms. The minimum absolute atomic E-state index is 0.0415. The fraction of sp³-hybridized carbons (Fsp3) is 0.200. The van der Waals surface area contributed by atoms with Crippen molar-refractivity contribution in [3.63, 3.8) is 0 Å². The molecule has 25 heavy (non-hydrogen) atoms. The topological polar surface area (TPSA) is 85.8 Å². The highest BCUT2D eigenvalue weighted by Crippen LogP contribution is 2.23. The van der Waals surface area contributed by atoms with Gasteiger partial charge in [0, 0.05) is 11.6 Å². The molecule has 2 aromatic heterocycles. The lowest BCUT2D eigenvalue weighted by molar-refractivity contribution is 0.0988. The van der Waals surface area contributed by atoms with Crippen LogP contribution >= 0.6 is 11.8 Å². The van der Waals surface area contributed by atoms with E-state index in [4.69, 9.17) is 4.52 Å². The van der Waals surface area contributed by atoms with Crippen LogP contribution in [0.1, 0.15) is 29.7 Å². The van der Waals surface area contributed by atoms with E-state index in [1.165, 1.54) is 17.8 Å². The van der Waals surface area contributed by atoms with Crippen LogP contribution in [0.15, 0.2) is 46.1 Å². The molecule has 0 atom stereocenters. The van der Waals surface area contributed by atoms with E-state index in [9.17, 15) is 13.6 Å². The highest BCUT2D eigenvalue weighted by atomic mass is 32.2. The van der Waals surface area contributed by atoms with Gasteiger partial charge in [0.1, 0.15) is 0 Å². The van der Waals surface area contributed by atoms with E-state index in [0.29, 0.717) is 11.5 Å². The average molecular weight is 365 g/mol. The Morgan fingerprint density at radius 1 is 1.32 bits per heavy atom. The number of hydrogen-bond acceptors (Lipinski definition) is 6. The van der Waals surface area contributed by atoms with Crippen molar-refractivity contribution in [2.45, 2.75) is 18.5 Å². The minimum atomic E-state index is -2.88. The standard InChI is InChI=1S/C15H13F2N5O2S/c1-2-25-15-19-18-13(12(16)17)22(15)20-14(23)10-8-11(24-21-10)9-6-4-3-5-7-9/h3-8,12H,2H2,1H3,(H,20,23). The van der Waals surface area contributed by atoms with Crippen LogP contribution in [0.2, 0.25) is 0 Å². The second kappa shape index (κ2) is 7.43. The first-order chi connectivity index (χ1) is 12.1. The van der Waals surface area contributed by atoms with Gasteiger partial charge in [-0.3, -0.25) is 10.2 Å². The van der Waals surface area contributed by atoms with Gasteiger partial charge in [-0.1, -0.05) is 54.2 Å². The van der Waals surface area contributed by atoms with Crippen LogP contribution in [0.4, 0.5) is 8.78 Å². The van der Waals surface area contributed by atoms with Gasteiger partial charge < -0.3 is 4.52 Å². The maximum Gasteiger partial charge on any atom is 0.299 e. The number of rotatable bonds is 6. The Bertz CT molecular complexity index is 866. The van der Waals surface area contributed by atoms with Crippen molar-refractivity contribution in [2.75, 3.05) is 11.2 Å². The maximum atomic E-state index is 13.0. The molecule has 0 spiro atoms. The number of benzene rings is 1. The summed E-state index contributed by atoms with van der Waals surface area (Å²) in [7, 11) is 0. The summed E-state index contributed by atoms with van der Waals surface area (Å²) >= 11 is 1.18. The summed E-state index contributed by atoms with van der Waals surface area (Å²) in [6, 6.07) is 10.5. The Morgan fingerprint density at radius 2 is 2.08 bits per heavy atom. The summed E-state index contributed by atoms with van der Waals surface area (Å²) in [4.78, 5) is 12.3. The molecule has 0 bridgehead atoms. The van der Waals surface area contributed by atoms with Gasteiger partial charge in [0.25, 0.3) is 12.3 Å². The minimum Gasteiger partial charge on any atom is -0.355 e. The van der Waals surface area contributed by atoms with Crippen LogP contribution in [0, 0.1) is 0 Å². The quantitative estimate of drug-likeness (QED) is 0.674. The van der Waals surface area contributed by atoms with Crippen molar-refractivity contribution in [2.24, 2.45) is 0 Å². The number of carbonyl (C=O) groups is 1. The third-order valence-electron chi connectivity index (χ3n) is 3.14. The number of nitrogens with one attached hydrogen (secondary N) is 1. The number of halogens is 2. The second-order valence-corrected chi connectivity index (χ2v) is 6.02. The van der Waals surface area contributed by atoms with E-state index in [1.54, 1.807) is 12.1 Å². The number of aromatic nitrogens is 4. The summed E-state index contributed by atoms with van der Waals surface area (Å²) in [6.07, 6.45) is -2.88. The van der Waals surface area contributed by atoms with Gasteiger partial charge in [-0.2, -0.15) is 0 Å². The van der Waals surface area contributed by atoms with Gasteiger partial charge in [-0.25, -0.2) is 13.5 Å². The third-order valence-corrected chi connectivity index (χ3v) is 3.95. The van der Waals surface area contributed by atoms with Crippen LogP contribution in [0.3, 0.4) is 0 Å². The predicted molar refractivity (Wildman–Crippen MR) is 87.0 cm³/mol. The monoisotopic (exact) mass is 365 g/mol. The van der Waals surface area contributed by atoms with Crippen molar-refractivity contribution >= 4 is 17.7 Å². The SMILES string of the molecule is CCSc1nnc(C(F)F)n1NC(=O)c1cc(-c2ccccc2)on1. The average Bonchev–Trinajstić information content (AvgIpc) is 3.24. The summed E-state index contributed by atoms with van der Waals surface area (Å²) < 4.78 is 32.1. The van der Waals surface area contributed by atoms with Gasteiger partial charge in [-0.05, 0) is 5.75 Å². The molecule has 0 saturated heterocycles. The molecule has 0 aliphatic heterocycles. The molecule has 0 fully saturated rings. The van der Waals surface area contributed by atoms with E-state index in [0.717, 1.165) is 10.2 Å². The Morgan fingerprint density at radius 3 is 2.76 bits per heavy atom. The first-order valence-electron chi connectivity index (χ1n) is 7.30. The molecular formula is C15H13F2N5O2S. The largest absolute Gasteiger partial charge is 0.355 e. The molecule has 0 radical (unpaired) electrons. The van der Waals surface area contributed by atoms with Gasteiger partial charge in [0.05, 0.1) is 0 Å². The Hall–Kier alpha value is -2.75. The Kier molecular flexibility index (Phi) is 5.08. The smallest absolute Gasteiger partial charge is 0.299 e. The van der Waals surface area contributed by atoms with Gasteiger partial charge in [-0.15, -0.1) is 10.2 Å². The lowest BCUT2D eigenvalue weighted by atomic mass is 10.1. The number of thioether (sulfide) groups is 1. The van der Waals surface area contributed by atoms with Crippen LogP contribution < -0.4 is 5.43 Å². The highest BCUT2D eigenvalue weighted by Gasteiger charge is 2.23. The molecule has 1 N–H and O–H groups in total. The predicted octanol–water partition coefficient (Wildman–Crippen LogP) is 3.37. The zero-order valence-electron chi connectivity index (χ0n) is 13.0. The van der Waals surface area contributed by atoms with Crippen LogP contribution in [0.25, 0.3) is 11.3 Å². The lowest BCUT2D eigenvalue weighted by Crippen LogP contribution is -2.26. The zero-order chi connectivity index (χ0) is 17.8. The fourth-order valence-electron chi connectivity index (χ4n) is 2.03. The number of amides is 1. The molecule has 0 unspecified atom stereocenters. The van der Waals surface area contributed by atoms with Crippen molar-refractivity contribution in [3.05, 3.63) is 47.9 Å². The zero-order valence-corrected chi connectivity index (χ0v) is 13.8. The second-order valence-electron chi connectivity index (χ2n) is 4.79. The molecular weight excluding hydrogens is 352 g/mol. The van der Waals surface area contributed by atoms with Gasteiger partial charge >= 0.3 is 0 Å². The van der Waals surface area contributed by atoms with Crippen LogP contribution in [0.5, 0.6) is 0 Å². The summed E-state index contributed by atoms with van der Waals surface area (Å²) in [5.74, 6) is -0.368. The van der Waals surface area contributed by atoms with Crippen LogP contribution in [-0.4, -0.2) is 31.7 Å². The van der Waals surface area contributed by atoms with E-state index < -0.39 is 18.2 Å². The first kappa shape index (κ1) is 17.1. The van der Waals surface area contributed by atoms with Crippen molar-refractivity contribution < 1.29 is 18.1 Å². The molecule has 1 aromatic carbocycles. The Labute approximate surface area is 145 Å². The molecule has 2 heterocycles. The molecule has 1 amide bonds. The van der Waals surface area contributed by atoms with E-state index in [2.05, 4.69) is 20.8 Å². The third kappa shape index (κ3) is 3.68. The number of alkyl halides is 2. The highest BCUT2D eigenvalue weighted by molar-refractivity contribution is 7.99. The van der Waals surface area contributed by atoms with Crippen molar-refractivity contribution in [1.82, 2.24) is 20.0 Å². The Balaban J connectivity index is 1.83. The van der Waals surface area contributed by atoms with E-state index in [-0.39, 0.29) is 10.9 Å². The molecule has 130 valence electrons. The molecule has 3 rings (SSSR count). The van der Waals surface area contributed by atoms with Crippen molar-refractivity contribution in [1.29, 1.82) is 0 Å². The van der Waals surface area contributed by atoms with Gasteiger partial charge in [0.2, 0.25) is 11.0 Å². The maximum absolute atomic E-state index is 13.0. The summed E-state index contributed by atoms with van der Waals surface area (Å²) in [5, 5.41) is 10.9. The fourth-order valence-corrected chi connectivity index (χ4v) is 2.65. The summed E-state index contributed by atoms with van der Waals surface area (Å²) in [6.45, 7) is 1.83. The molecule has 0 saturated carbocycles. The number of carbonyl (C=O) groups excluding carboxylic acids is 1. The van der Waals surface area contributed by atoms with E-state index in [1.807, 2.05) is 25.1 Å². The van der Waals surface area contributed by atoms with Crippen molar-refractivity contribution in [3.8, 4) is 11.3 Å².